The van der Waals surface area contributed by atoms with Crippen molar-refractivity contribution in [3.05, 3.63) is 41.4 Å². The van der Waals surface area contributed by atoms with E-state index in [1.165, 1.54) is 10.6 Å². The second-order valence-corrected chi connectivity index (χ2v) is 8.34. The van der Waals surface area contributed by atoms with Gasteiger partial charge in [-0.15, -0.1) is 0 Å². The highest BCUT2D eigenvalue weighted by Gasteiger charge is 2.22. The van der Waals surface area contributed by atoms with Crippen LogP contribution in [0.4, 0.5) is 0 Å². The Kier molecular flexibility index (Phi) is 5.24. The molecule has 0 radical (unpaired) electrons. The SMILES string of the molecule is CS(=O)(=O)N1CCCN(Cc2ncc(-c3cccc(Cl)c3)o2)CC1. The van der Waals surface area contributed by atoms with Crippen LogP contribution in [0.1, 0.15) is 12.3 Å². The van der Waals surface area contributed by atoms with Gasteiger partial charge in [0.15, 0.2) is 5.76 Å². The highest BCUT2D eigenvalue weighted by atomic mass is 35.5. The van der Waals surface area contributed by atoms with Crippen LogP contribution >= 0.6 is 11.6 Å². The first-order valence-corrected chi connectivity index (χ1v) is 10.0. The van der Waals surface area contributed by atoms with Crippen molar-refractivity contribution in [2.75, 3.05) is 32.4 Å². The number of sulfonamides is 1. The quantitative estimate of drug-likeness (QED) is 0.828. The molecule has 3 rings (SSSR count). The third-order valence-corrected chi connectivity index (χ3v) is 5.58. The zero-order valence-electron chi connectivity index (χ0n) is 13.5. The molecule has 0 aliphatic carbocycles. The maximum Gasteiger partial charge on any atom is 0.211 e. The zero-order valence-corrected chi connectivity index (χ0v) is 15.1. The topological polar surface area (TPSA) is 66.7 Å². The van der Waals surface area contributed by atoms with Gasteiger partial charge < -0.3 is 4.42 Å². The first kappa shape index (κ1) is 17.4. The van der Waals surface area contributed by atoms with E-state index >= 15 is 0 Å². The minimum absolute atomic E-state index is 0.501. The maximum atomic E-state index is 11.7. The van der Waals surface area contributed by atoms with E-state index in [9.17, 15) is 8.42 Å². The van der Waals surface area contributed by atoms with Gasteiger partial charge in [0.05, 0.1) is 19.0 Å². The van der Waals surface area contributed by atoms with Crippen LogP contribution in [0.2, 0.25) is 5.02 Å². The molecular formula is C16H20ClN3O3S. The van der Waals surface area contributed by atoms with Gasteiger partial charge in [-0.3, -0.25) is 4.90 Å². The summed E-state index contributed by atoms with van der Waals surface area (Å²) in [5.74, 6) is 1.30. The molecule has 2 heterocycles. The van der Waals surface area contributed by atoms with E-state index in [2.05, 4.69) is 9.88 Å². The van der Waals surface area contributed by atoms with Crippen LogP contribution in [0, 0.1) is 0 Å². The van der Waals surface area contributed by atoms with Gasteiger partial charge in [-0.2, -0.15) is 0 Å². The second-order valence-electron chi connectivity index (χ2n) is 5.92. The van der Waals surface area contributed by atoms with E-state index in [1.54, 1.807) is 6.20 Å². The number of rotatable bonds is 4. The predicted molar refractivity (Wildman–Crippen MR) is 93.3 cm³/mol. The van der Waals surface area contributed by atoms with Crippen molar-refractivity contribution in [2.45, 2.75) is 13.0 Å². The van der Waals surface area contributed by atoms with Crippen molar-refractivity contribution < 1.29 is 12.8 Å². The Morgan fingerprint density at radius 3 is 2.83 bits per heavy atom. The van der Waals surface area contributed by atoms with Crippen molar-refractivity contribution in [1.29, 1.82) is 0 Å². The Balaban J connectivity index is 1.65. The molecule has 24 heavy (non-hydrogen) atoms. The van der Waals surface area contributed by atoms with Gasteiger partial charge in [0.2, 0.25) is 15.9 Å². The summed E-state index contributed by atoms with van der Waals surface area (Å²) in [5, 5.41) is 0.652. The van der Waals surface area contributed by atoms with E-state index in [0.29, 0.717) is 42.9 Å². The Labute approximate surface area is 147 Å². The van der Waals surface area contributed by atoms with Gasteiger partial charge in [0.25, 0.3) is 0 Å². The third kappa shape index (κ3) is 4.36. The van der Waals surface area contributed by atoms with Crippen molar-refractivity contribution >= 4 is 21.6 Å². The summed E-state index contributed by atoms with van der Waals surface area (Å²) in [5.41, 5.74) is 0.889. The van der Waals surface area contributed by atoms with Crippen molar-refractivity contribution in [1.82, 2.24) is 14.2 Å². The molecule has 1 aromatic heterocycles. The standard InChI is InChI=1S/C16H20ClN3O3S/c1-24(21,22)20-7-3-6-19(8-9-20)12-16-18-11-15(23-16)13-4-2-5-14(17)10-13/h2,4-5,10-11H,3,6-9,12H2,1H3. The fraction of sp³-hybridized carbons (Fsp3) is 0.438. The first-order valence-electron chi connectivity index (χ1n) is 7.80. The molecule has 1 fully saturated rings. The van der Waals surface area contributed by atoms with Crippen LogP contribution in [0.25, 0.3) is 11.3 Å². The smallest absolute Gasteiger partial charge is 0.211 e. The fourth-order valence-corrected chi connectivity index (χ4v) is 3.85. The monoisotopic (exact) mass is 369 g/mol. The summed E-state index contributed by atoms with van der Waals surface area (Å²) < 4.78 is 30.7. The lowest BCUT2D eigenvalue weighted by Gasteiger charge is -2.19. The lowest BCUT2D eigenvalue weighted by Crippen LogP contribution is -2.34. The van der Waals surface area contributed by atoms with Crippen LogP contribution in [0.5, 0.6) is 0 Å². The van der Waals surface area contributed by atoms with Gasteiger partial charge in [0, 0.05) is 30.2 Å². The second kappa shape index (κ2) is 7.23. The maximum absolute atomic E-state index is 11.7. The van der Waals surface area contributed by atoms with Crippen molar-refractivity contribution in [2.24, 2.45) is 0 Å². The highest BCUT2D eigenvalue weighted by Crippen LogP contribution is 2.24. The zero-order chi connectivity index (χ0) is 17.2. The number of aromatic nitrogens is 1. The molecule has 0 N–H and O–H groups in total. The molecule has 0 spiro atoms. The minimum atomic E-state index is -3.13. The molecule has 0 unspecified atom stereocenters. The van der Waals surface area contributed by atoms with Gasteiger partial charge in [-0.1, -0.05) is 23.7 Å². The molecule has 1 aliphatic heterocycles. The first-order chi connectivity index (χ1) is 11.4. The van der Waals surface area contributed by atoms with E-state index in [1.807, 2.05) is 24.3 Å². The summed E-state index contributed by atoms with van der Waals surface area (Å²) in [4.78, 5) is 6.50. The van der Waals surface area contributed by atoms with Gasteiger partial charge in [0.1, 0.15) is 0 Å². The van der Waals surface area contributed by atoms with Crippen LogP contribution in [-0.2, 0) is 16.6 Å². The number of oxazole rings is 1. The molecule has 0 atom stereocenters. The molecule has 8 heteroatoms. The van der Waals surface area contributed by atoms with Crippen LogP contribution in [-0.4, -0.2) is 55.0 Å². The largest absolute Gasteiger partial charge is 0.439 e. The lowest BCUT2D eigenvalue weighted by molar-refractivity contribution is 0.251. The number of hydrogen-bond acceptors (Lipinski definition) is 5. The molecule has 2 aromatic rings. The summed E-state index contributed by atoms with van der Waals surface area (Å²) in [6, 6.07) is 7.44. The van der Waals surface area contributed by atoms with Crippen molar-refractivity contribution in [3.8, 4) is 11.3 Å². The molecule has 0 amide bonds. The number of nitrogens with zero attached hydrogens (tertiary/aromatic N) is 3. The Hall–Kier alpha value is -1.41. The molecule has 0 saturated carbocycles. The van der Waals surface area contributed by atoms with Crippen LogP contribution in [0.3, 0.4) is 0 Å². The van der Waals surface area contributed by atoms with Crippen molar-refractivity contribution in [3.63, 3.8) is 0 Å². The fourth-order valence-electron chi connectivity index (χ4n) is 2.79. The molecule has 1 saturated heterocycles. The average Bonchev–Trinajstić information content (AvgIpc) is 2.84. The number of hydrogen-bond donors (Lipinski definition) is 0. The Morgan fingerprint density at radius 2 is 2.08 bits per heavy atom. The molecule has 6 nitrogen and oxygen atoms in total. The van der Waals surface area contributed by atoms with Crippen LogP contribution in [0.15, 0.2) is 34.9 Å². The van der Waals surface area contributed by atoms with E-state index in [4.69, 9.17) is 16.0 Å². The van der Waals surface area contributed by atoms with Gasteiger partial charge in [-0.25, -0.2) is 17.7 Å². The Bertz CT molecular complexity index is 806. The summed E-state index contributed by atoms with van der Waals surface area (Å²) >= 11 is 6.00. The molecule has 1 aromatic carbocycles. The normalized spacial score (nSPS) is 17.8. The lowest BCUT2D eigenvalue weighted by atomic mass is 10.2. The molecule has 1 aliphatic rings. The Morgan fingerprint density at radius 1 is 1.25 bits per heavy atom. The number of halogens is 1. The van der Waals surface area contributed by atoms with E-state index in [0.717, 1.165) is 18.5 Å². The molecule has 130 valence electrons. The van der Waals surface area contributed by atoms with E-state index < -0.39 is 10.0 Å². The molecule has 0 bridgehead atoms. The predicted octanol–water partition coefficient (Wildman–Crippen LogP) is 2.46. The minimum Gasteiger partial charge on any atom is -0.439 e. The summed E-state index contributed by atoms with van der Waals surface area (Å²) in [6.45, 7) is 3.12. The van der Waals surface area contributed by atoms with E-state index in [-0.39, 0.29) is 0 Å². The molecular weight excluding hydrogens is 350 g/mol. The number of benzene rings is 1. The highest BCUT2D eigenvalue weighted by molar-refractivity contribution is 7.88. The van der Waals surface area contributed by atoms with Gasteiger partial charge in [-0.05, 0) is 25.1 Å². The van der Waals surface area contributed by atoms with Gasteiger partial charge >= 0.3 is 0 Å². The summed E-state index contributed by atoms with van der Waals surface area (Å²) in [6.07, 6.45) is 3.75. The van der Waals surface area contributed by atoms with Crippen LogP contribution < -0.4 is 0 Å². The summed E-state index contributed by atoms with van der Waals surface area (Å²) in [7, 11) is -3.13. The average molecular weight is 370 g/mol. The third-order valence-electron chi connectivity index (χ3n) is 4.04.